The lowest BCUT2D eigenvalue weighted by molar-refractivity contribution is 0.245. The molecule has 3 saturated carbocycles. The van der Waals surface area contributed by atoms with Crippen molar-refractivity contribution in [1.29, 1.82) is 0 Å². The monoisotopic (exact) mass is 214 g/mol. The van der Waals surface area contributed by atoms with E-state index >= 15 is 0 Å². The molecule has 5 atom stereocenters. The minimum absolute atomic E-state index is 0.891. The Labute approximate surface area is 76.9 Å². The van der Waals surface area contributed by atoms with Crippen molar-refractivity contribution in [3.63, 3.8) is 0 Å². The Bertz CT molecular complexity index is 178. The normalized spacial score (nSPS) is 60.3. The maximum absolute atomic E-state index is 3.85. The predicted molar refractivity (Wildman–Crippen MR) is 49.8 cm³/mol. The van der Waals surface area contributed by atoms with Crippen LogP contribution < -0.4 is 0 Å². The van der Waals surface area contributed by atoms with Crippen LogP contribution in [-0.4, -0.2) is 4.83 Å². The van der Waals surface area contributed by atoms with E-state index in [2.05, 4.69) is 15.9 Å². The van der Waals surface area contributed by atoms with E-state index < -0.39 is 0 Å². The molecular weight excluding hydrogens is 200 g/mol. The fourth-order valence-corrected chi connectivity index (χ4v) is 4.93. The van der Waals surface area contributed by atoms with E-state index in [0.29, 0.717) is 0 Å². The van der Waals surface area contributed by atoms with Crippen molar-refractivity contribution in [2.24, 2.45) is 23.7 Å². The van der Waals surface area contributed by atoms with Gasteiger partial charge >= 0.3 is 0 Å². The third kappa shape index (κ3) is 0.867. The van der Waals surface area contributed by atoms with Crippen molar-refractivity contribution in [3.8, 4) is 0 Å². The summed E-state index contributed by atoms with van der Waals surface area (Å²) in [6, 6.07) is 0. The average molecular weight is 215 g/mol. The molecule has 0 N–H and O–H groups in total. The standard InChI is InChI=1S/C10H15Br/c11-10-5-8-4-9(10)7-2-1-6(8)3-7/h6-10H,1-5H2. The van der Waals surface area contributed by atoms with Crippen molar-refractivity contribution in [1.82, 2.24) is 0 Å². The highest BCUT2D eigenvalue weighted by Gasteiger charge is 2.49. The number of halogens is 1. The number of fused-ring (bicyclic) bond motifs is 6. The van der Waals surface area contributed by atoms with Crippen LogP contribution in [0.15, 0.2) is 0 Å². The van der Waals surface area contributed by atoms with Gasteiger partial charge in [0.15, 0.2) is 0 Å². The van der Waals surface area contributed by atoms with Gasteiger partial charge in [-0.05, 0) is 55.8 Å². The van der Waals surface area contributed by atoms with Gasteiger partial charge in [0, 0.05) is 4.83 Å². The predicted octanol–water partition coefficient (Wildman–Crippen LogP) is 3.21. The summed E-state index contributed by atoms with van der Waals surface area (Å²) in [7, 11) is 0. The van der Waals surface area contributed by atoms with Crippen LogP contribution in [-0.2, 0) is 0 Å². The number of alkyl halides is 1. The molecule has 4 bridgehead atoms. The largest absolute Gasteiger partial charge is 0.0887 e. The molecule has 1 heteroatoms. The smallest absolute Gasteiger partial charge is 0.0179 e. The summed E-state index contributed by atoms with van der Waals surface area (Å²) >= 11 is 3.85. The van der Waals surface area contributed by atoms with Gasteiger partial charge in [-0.25, -0.2) is 0 Å². The zero-order valence-electron chi connectivity index (χ0n) is 6.80. The maximum Gasteiger partial charge on any atom is 0.0179 e. The Hall–Kier alpha value is 0.480. The van der Waals surface area contributed by atoms with E-state index in [1.165, 1.54) is 6.42 Å². The highest BCUT2D eigenvalue weighted by molar-refractivity contribution is 9.09. The van der Waals surface area contributed by atoms with E-state index in [1.807, 2.05) is 0 Å². The van der Waals surface area contributed by atoms with Gasteiger partial charge < -0.3 is 0 Å². The fraction of sp³-hybridized carbons (Fsp3) is 1.00. The van der Waals surface area contributed by atoms with Crippen molar-refractivity contribution < 1.29 is 0 Å². The molecule has 0 spiro atoms. The van der Waals surface area contributed by atoms with E-state index in [1.54, 1.807) is 25.7 Å². The molecule has 11 heavy (non-hydrogen) atoms. The summed E-state index contributed by atoms with van der Waals surface area (Å²) < 4.78 is 0. The van der Waals surface area contributed by atoms with Crippen molar-refractivity contribution >= 4 is 15.9 Å². The number of hydrogen-bond donors (Lipinski definition) is 0. The van der Waals surface area contributed by atoms with Crippen LogP contribution >= 0.6 is 15.9 Å². The lowest BCUT2D eigenvalue weighted by Gasteiger charge is -2.26. The third-order valence-electron chi connectivity index (χ3n) is 4.35. The van der Waals surface area contributed by atoms with Crippen LogP contribution in [0.25, 0.3) is 0 Å². The third-order valence-corrected chi connectivity index (χ3v) is 5.41. The van der Waals surface area contributed by atoms with Crippen molar-refractivity contribution in [2.75, 3.05) is 0 Å². The molecule has 62 valence electrons. The fourth-order valence-electron chi connectivity index (χ4n) is 3.80. The maximum atomic E-state index is 3.85. The van der Waals surface area contributed by atoms with E-state index in [-0.39, 0.29) is 0 Å². The summed E-state index contributed by atoms with van der Waals surface area (Å²) in [4.78, 5) is 0.891. The molecule has 0 amide bonds. The van der Waals surface area contributed by atoms with Gasteiger partial charge in [0.2, 0.25) is 0 Å². The van der Waals surface area contributed by atoms with Gasteiger partial charge in [0.05, 0.1) is 0 Å². The molecule has 0 aromatic heterocycles. The summed E-state index contributed by atoms with van der Waals surface area (Å²) in [5, 5.41) is 0. The topological polar surface area (TPSA) is 0 Å². The lowest BCUT2D eigenvalue weighted by atomic mass is 9.80. The van der Waals surface area contributed by atoms with Gasteiger partial charge in [-0.2, -0.15) is 0 Å². The first kappa shape index (κ1) is 6.94. The lowest BCUT2D eigenvalue weighted by Crippen LogP contribution is -2.19. The van der Waals surface area contributed by atoms with Crippen LogP contribution in [0.1, 0.15) is 32.1 Å². The molecule has 0 aliphatic heterocycles. The first-order valence-electron chi connectivity index (χ1n) is 4.98. The van der Waals surface area contributed by atoms with E-state index in [4.69, 9.17) is 0 Å². The van der Waals surface area contributed by atoms with Gasteiger partial charge in [-0.1, -0.05) is 15.9 Å². The second-order valence-corrected chi connectivity index (χ2v) is 5.92. The Morgan fingerprint density at radius 2 is 1.64 bits per heavy atom. The molecule has 0 aromatic carbocycles. The SMILES string of the molecule is BrC1CC2CC1C1CCC2C1. The molecule has 3 rings (SSSR count). The first-order chi connectivity index (χ1) is 5.34. The average Bonchev–Trinajstić information content (AvgIpc) is 2.49. The summed E-state index contributed by atoms with van der Waals surface area (Å²) in [5.41, 5.74) is 0. The molecular formula is C10H15Br. The molecule has 3 aliphatic rings. The quantitative estimate of drug-likeness (QED) is 0.544. The van der Waals surface area contributed by atoms with Crippen molar-refractivity contribution in [2.45, 2.75) is 36.9 Å². The molecule has 0 saturated heterocycles. The van der Waals surface area contributed by atoms with Crippen LogP contribution in [0.4, 0.5) is 0 Å². The van der Waals surface area contributed by atoms with E-state index in [0.717, 1.165) is 28.5 Å². The second-order valence-electron chi connectivity index (χ2n) is 4.74. The van der Waals surface area contributed by atoms with Gasteiger partial charge in [-0.3, -0.25) is 0 Å². The Kier molecular flexibility index (Phi) is 1.42. The molecule has 5 unspecified atom stereocenters. The van der Waals surface area contributed by atoms with Crippen LogP contribution in [0.5, 0.6) is 0 Å². The van der Waals surface area contributed by atoms with E-state index in [9.17, 15) is 0 Å². The molecule has 0 heterocycles. The number of rotatable bonds is 0. The molecule has 0 radical (unpaired) electrons. The number of hydrogen-bond acceptors (Lipinski definition) is 0. The minimum Gasteiger partial charge on any atom is -0.0887 e. The van der Waals surface area contributed by atoms with Gasteiger partial charge in [0.25, 0.3) is 0 Å². The van der Waals surface area contributed by atoms with Gasteiger partial charge in [-0.15, -0.1) is 0 Å². The first-order valence-corrected chi connectivity index (χ1v) is 5.90. The summed E-state index contributed by atoms with van der Waals surface area (Å²) in [6.07, 6.45) is 7.74. The van der Waals surface area contributed by atoms with Crippen LogP contribution in [0.2, 0.25) is 0 Å². The molecule has 0 nitrogen and oxygen atoms in total. The second kappa shape index (κ2) is 2.25. The Morgan fingerprint density at radius 3 is 2.55 bits per heavy atom. The molecule has 3 fully saturated rings. The van der Waals surface area contributed by atoms with Crippen LogP contribution in [0.3, 0.4) is 0 Å². The zero-order chi connectivity index (χ0) is 7.42. The minimum atomic E-state index is 0.891. The Balaban J connectivity index is 1.93. The summed E-state index contributed by atoms with van der Waals surface area (Å²) in [5.74, 6) is 4.43. The highest BCUT2D eigenvalue weighted by Crippen LogP contribution is 2.57. The molecule has 0 aromatic rings. The van der Waals surface area contributed by atoms with Crippen LogP contribution in [0, 0.1) is 23.7 Å². The van der Waals surface area contributed by atoms with Gasteiger partial charge in [0.1, 0.15) is 0 Å². The van der Waals surface area contributed by atoms with Crippen molar-refractivity contribution in [3.05, 3.63) is 0 Å². The Morgan fingerprint density at radius 1 is 0.818 bits per heavy atom. The summed E-state index contributed by atoms with van der Waals surface area (Å²) in [6.45, 7) is 0. The highest BCUT2D eigenvalue weighted by atomic mass is 79.9. The molecule has 3 aliphatic carbocycles. The zero-order valence-corrected chi connectivity index (χ0v) is 8.39.